The molecule has 1 saturated carbocycles. The molecule has 5 heteroatoms. The molecule has 1 fully saturated rings. The SMILES string of the molecule is O=C(CSc1ccc2ccccc2c1)N(Cc1ccc2c(c1)OCO2)C1CCCC1. The van der Waals surface area contributed by atoms with Crippen LogP contribution in [0.5, 0.6) is 11.5 Å². The van der Waals surface area contributed by atoms with E-state index in [2.05, 4.69) is 41.3 Å². The summed E-state index contributed by atoms with van der Waals surface area (Å²) in [5.41, 5.74) is 1.09. The number of carbonyl (C=O) groups is 1. The van der Waals surface area contributed by atoms with Crippen LogP contribution in [-0.2, 0) is 11.3 Å². The van der Waals surface area contributed by atoms with Crippen molar-refractivity contribution in [2.24, 2.45) is 0 Å². The zero-order valence-corrected chi connectivity index (χ0v) is 17.7. The normalized spacial score (nSPS) is 15.6. The number of nitrogens with zero attached hydrogens (tertiary/aromatic N) is 1. The number of benzene rings is 3. The Labute approximate surface area is 181 Å². The van der Waals surface area contributed by atoms with Crippen molar-refractivity contribution in [1.82, 2.24) is 4.90 Å². The highest BCUT2D eigenvalue weighted by molar-refractivity contribution is 8.00. The van der Waals surface area contributed by atoms with E-state index in [0.29, 0.717) is 18.3 Å². The molecule has 1 aliphatic heterocycles. The summed E-state index contributed by atoms with van der Waals surface area (Å²) in [6.45, 7) is 0.894. The van der Waals surface area contributed by atoms with Gasteiger partial charge >= 0.3 is 0 Å². The molecule has 0 saturated heterocycles. The van der Waals surface area contributed by atoms with Crippen LogP contribution in [0, 0.1) is 0 Å². The standard InChI is InChI=1S/C25H25NO3S/c27-25(16-30-22-11-10-19-5-1-2-6-20(19)14-22)26(21-7-3-4-8-21)15-18-9-12-23-24(13-18)29-17-28-23/h1-2,5-6,9-14,21H,3-4,7-8,15-17H2. The Bertz CT molecular complexity index is 1060. The van der Waals surface area contributed by atoms with Gasteiger partial charge in [-0.15, -0.1) is 11.8 Å². The minimum Gasteiger partial charge on any atom is -0.454 e. The van der Waals surface area contributed by atoms with Crippen molar-refractivity contribution in [1.29, 1.82) is 0 Å². The fourth-order valence-electron chi connectivity index (χ4n) is 4.36. The molecule has 3 aromatic rings. The molecule has 0 spiro atoms. The van der Waals surface area contributed by atoms with Crippen LogP contribution >= 0.6 is 11.8 Å². The molecule has 0 N–H and O–H groups in total. The van der Waals surface area contributed by atoms with Gasteiger partial charge in [0.1, 0.15) is 0 Å². The maximum atomic E-state index is 13.3. The zero-order valence-electron chi connectivity index (χ0n) is 16.9. The van der Waals surface area contributed by atoms with Crippen LogP contribution in [0.4, 0.5) is 0 Å². The zero-order chi connectivity index (χ0) is 20.3. The predicted octanol–water partition coefficient (Wildman–Crippen LogP) is 5.63. The third kappa shape index (κ3) is 4.12. The van der Waals surface area contributed by atoms with Gasteiger partial charge in [-0.25, -0.2) is 0 Å². The third-order valence-electron chi connectivity index (χ3n) is 5.96. The van der Waals surface area contributed by atoms with Crippen LogP contribution in [0.3, 0.4) is 0 Å². The Kier molecular flexibility index (Phi) is 5.54. The molecule has 1 amide bonds. The van der Waals surface area contributed by atoms with Crippen molar-refractivity contribution >= 4 is 28.4 Å². The summed E-state index contributed by atoms with van der Waals surface area (Å²) in [7, 11) is 0. The lowest BCUT2D eigenvalue weighted by Crippen LogP contribution is -2.39. The van der Waals surface area contributed by atoms with Crippen molar-refractivity contribution in [3.8, 4) is 11.5 Å². The first-order valence-electron chi connectivity index (χ1n) is 10.6. The Morgan fingerprint density at radius 3 is 2.60 bits per heavy atom. The molecular weight excluding hydrogens is 394 g/mol. The average Bonchev–Trinajstić information content (AvgIpc) is 3.47. The summed E-state index contributed by atoms with van der Waals surface area (Å²) < 4.78 is 10.9. The number of ether oxygens (including phenoxy) is 2. The maximum Gasteiger partial charge on any atom is 0.233 e. The van der Waals surface area contributed by atoms with E-state index in [9.17, 15) is 4.79 Å². The first-order chi connectivity index (χ1) is 14.8. The Hall–Kier alpha value is -2.66. The van der Waals surface area contributed by atoms with Gasteiger partial charge in [0, 0.05) is 17.5 Å². The number of hydrogen-bond acceptors (Lipinski definition) is 4. The van der Waals surface area contributed by atoms with Gasteiger partial charge in [0.25, 0.3) is 0 Å². The molecule has 0 radical (unpaired) electrons. The largest absolute Gasteiger partial charge is 0.454 e. The van der Waals surface area contributed by atoms with Gasteiger partial charge in [-0.1, -0.05) is 49.2 Å². The highest BCUT2D eigenvalue weighted by Crippen LogP contribution is 2.34. The van der Waals surface area contributed by atoms with Crippen molar-refractivity contribution in [2.45, 2.75) is 43.2 Å². The molecule has 1 aliphatic carbocycles. The van der Waals surface area contributed by atoms with E-state index in [0.717, 1.165) is 34.8 Å². The van der Waals surface area contributed by atoms with Crippen molar-refractivity contribution in [3.05, 3.63) is 66.2 Å². The molecule has 0 aromatic heterocycles. The molecule has 0 atom stereocenters. The number of thioether (sulfide) groups is 1. The lowest BCUT2D eigenvalue weighted by Gasteiger charge is -2.29. The maximum absolute atomic E-state index is 13.3. The van der Waals surface area contributed by atoms with Gasteiger partial charge in [-0.05, 0) is 53.4 Å². The first-order valence-corrected chi connectivity index (χ1v) is 11.5. The van der Waals surface area contributed by atoms with Gasteiger partial charge in [-0.3, -0.25) is 4.79 Å². The average molecular weight is 420 g/mol. The van der Waals surface area contributed by atoms with Crippen molar-refractivity contribution in [2.75, 3.05) is 12.5 Å². The molecule has 1 heterocycles. The summed E-state index contributed by atoms with van der Waals surface area (Å²) in [4.78, 5) is 16.5. The second-order valence-corrected chi connectivity index (χ2v) is 8.99. The summed E-state index contributed by atoms with van der Waals surface area (Å²) >= 11 is 1.63. The first kappa shape index (κ1) is 19.3. The molecule has 0 bridgehead atoms. The number of amides is 1. The lowest BCUT2D eigenvalue weighted by atomic mass is 10.1. The summed E-state index contributed by atoms with van der Waals surface area (Å²) in [5.74, 6) is 2.22. The number of fused-ring (bicyclic) bond motifs is 2. The van der Waals surface area contributed by atoms with Crippen LogP contribution in [0.25, 0.3) is 10.8 Å². The highest BCUT2D eigenvalue weighted by Gasteiger charge is 2.27. The van der Waals surface area contributed by atoms with Gasteiger partial charge in [-0.2, -0.15) is 0 Å². The molecule has 3 aromatic carbocycles. The van der Waals surface area contributed by atoms with E-state index >= 15 is 0 Å². The monoisotopic (exact) mass is 419 g/mol. The fraction of sp³-hybridized carbons (Fsp3) is 0.320. The van der Waals surface area contributed by atoms with Gasteiger partial charge in [0.15, 0.2) is 11.5 Å². The summed E-state index contributed by atoms with van der Waals surface area (Å²) in [5, 5.41) is 2.44. The lowest BCUT2D eigenvalue weighted by molar-refractivity contribution is -0.131. The Balaban J connectivity index is 1.30. The van der Waals surface area contributed by atoms with E-state index in [4.69, 9.17) is 9.47 Å². The van der Waals surface area contributed by atoms with E-state index in [1.54, 1.807) is 11.8 Å². The van der Waals surface area contributed by atoms with E-state index in [1.165, 1.54) is 23.6 Å². The van der Waals surface area contributed by atoms with Gasteiger partial charge < -0.3 is 14.4 Å². The second kappa shape index (κ2) is 8.60. The quantitative estimate of drug-likeness (QED) is 0.485. The molecule has 0 unspecified atom stereocenters. The third-order valence-corrected chi connectivity index (χ3v) is 6.94. The second-order valence-electron chi connectivity index (χ2n) is 7.95. The van der Waals surface area contributed by atoms with E-state index < -0.39 is 0 Å². The molecular formula is C25H25NO3S. The number of carbonyl (C=O) groups excluding carboxylic acids is 1. The van der Waals surface area contributed by atoms with Crippen molar-refractivity contribution < 1.29 is 14.3 Å². The molecule has 5 rings (SSSR count). The van der Waals surface area contributed by atoms with Crippen LogP contribution in [0.15, 0.2) is 65.6 Å². The van der Waals surface area contributed by atoms with Gasteiger partial charge in [0.05, 0.1) is 5.75 Å². The number of rotatable bonds is 6. The Morgan fingerprint density at radius 2 is 1.73 bits per heavy atom. The molecule has 154 valence electrons. The highest BCUT2D eigenvalue weighted by atomic mass is 32.2. The summed E-state index contributed by atoms with van der Waals surface area (Å²) in [6, 6.07) is 21.1. The van der Waals surface area contributed by atoms with Gasteiger partial charge in [0.2, 0.25) is 12.7 Å². The topological polar surface area (TPSA) is 38.8 Å². The van der Waals surface area contributed by atoms with Crippen LogP contribution < -0.4 is 9.47 Å². The Morgan fingerprint density at radius 1 is 0.933 bits per heavy atom. The molecule has 30 heavy (non-hydrogen) atoms. The summed E-state index contributed by atoms with van der Waals surface area (Å²) in [6.07, 6.45) is 4.59. The van der Waals surface area contributed by atoms with Crippen LogP contribution in [0.1, 0.15) is 31.2 Å². The fourth-order valence-corrected chi connectivity index (χ4v) is 5.19. The van der Waals surface area contributed by atoms with E-state index in [1.807, 2.05) is 24.3 Å². The minimum atomic E-state index is 0.206. The molecule has 2 aliphatic rings. The number of hydrogen-bond donors (Lipinski definition) is 0. The van der Waals surface area contributed by atoms with E-state index in [-0.39, 0.29) is 12.7 Å². The molecule has 4 nitrogen and oxygen atoms in total. The van der Waals surface area contributed by atoms with Crippen LogP contribution in [-0.4, -0.2) is 29.4 Å². The smallest absolute Gasteiger partial charge is 0.233 e. The minimum absolute atomic E-state index is 0.206. The van der Waals surface area contributed by atoms with Crippen LogP contribution in [0.2, 0.25) is 0 Å². The van der Waals surface area contributed by atoms with Crippen molar-refractivity contribution in [3.63, 3.8) is 0 Å². The predicted molar refractivity (Wildman–Crippen MR) is 120 cm³/mol.